The van der Waals surface area contributed by atoms with Gasteiger partial charge in [0, 0.05) is 11.8 Å². The first kappa shape index (κ1) is 9.20. The second kappa shape index (κ2) is 2.81. The predicted octanol–water partition coefficient (Wildman–Crippen LogP) is 2.05. The Labute approximate surface area is 79.3 Å². The molecule has 2 bridgehead atoms. The van der Waals surface area contributed by atoms with Crippen molar-refractivity contribution in [2.75, 3.05) is 0 Å². The number of ketones is 1. The zero-order valence-corrected chi connectivity index (χ0v) is 8.31. The molecule has 13 heavy (non-hydrogen) atoms. The minimum absolute atomic E-state index is 0.0285. The summed E-state index contributed by atoms with van der Waals surface area (Å²) in [4.78, 5) is 11.8. The van der Waals surface area contributed by atoms with Gasteiger partial charge in [0.1, 0.15) is 5.78 Å². The lowest BCUT2D eigenvalue weighted by Crippen LogP contribution is -2.52. The molecule has 2 nitrogen and oxygen atoms in total. The summed E-state index contributed by atoms with van der Waals surface area (Å²) in [6.45, 7) is 2.14. The molecule has 0 atom stereocenters. The number of hydrogen-bond acceptors (Lipinski definition) is 2. The third-order valence-corrected chi connectivity index (χ3v) is 3.95. The number of rotatable bonds is 2. The van der Waals surface area contributed by atoms with E-state index in [2.05, 4.69) is 6.92 Å². The molecular formula is C11H18O2. The molecule has 0 spiro atoms. The summed E-state index contributed by atoms with van der Waals surface area (Å²) in [5, 5.41) is 9.95. The molecule has 3 saturated carbocycles. The molecule has 0 aromatic rings. The third-order valence-electron chi connectivity index (χ3n) is 3.95. The lowest BCUT2D eigenvalue weighted by Gasteiger charge is -2.49. The van der Waals surface area contributed by atoms with Gasteiger partial charge in [-0.25, -0.2) is 0 Å². The van der Waals surface area contributed by atoms with Gasteiger partial charge in [0.2, 0.25) is 0 Å². The van der Waals surface area contributed by atoms with Crippen LogP contribution < -0.4 is 0 Å². The summed E-state index contributed by atoms with van der Waals surface area (Å²) in [7, 11) is 0. The van der Waals surface area contributed by atoms with Crippen LogP contribution >= 0.6 is 0 Å². The number of fused-ring (bicyclic) bond motifs is 3. The van der Waals surface area contributed by atoms with Gasteiger partial charge in [0.25, 0.3) is 0 Å². The zero-order chi connectivity index (χ0) is 9.53. The van der Waals surface area contributed by atoms with Crippen molar-refractivity contribution in [1.29, 1.82) is 0 Å². The van der Waals surface area contributed by atoms with Crippen LogP contribution in [0, 0.1) is 5.41 Å². The maximum Gasteiger partial charge on any atom is 0.141 e. The molecule has 0 saturated heterocycles. The van der Waals surface area contributed by atoms with Crippen LogP contribution in [0.15, 0.2) is 0 Å². The summed E-state index contributed by atoms with van der Waals surface area (Å²) in [6, 6.07) is 0. The van der Waals surface area contributed by atoms with Crippen molar-refractivity contribution < 1.29 is 9.90 Å². The molecule has 0 radical (unpaired) electrons. The Bertz CT molecular complexity index is 224. The molecular weight excluding hydrogens is 164 g/mol. The highest BCUT2D eigenvalue weighted by Gasteiger charge is 2.52. The van der Waals surface area contributed by atoms with Crippen LogP contribution in [0.2, 0.25) is 0 Å². The lowest BCUT2D eigenvalue weighted by atomic mass is 9.56. The van der Waals surface area contributed by atoms with E-state index in [1.165, 1.54) is 0 Å². The van der Waals surface area contributed by atoms with Gasteiger partial charge in [-0.05, 0) is 32.1 Å². The van der Waals surface area contributed by atoms with Crippen LogP contribution in [0.4, 0.5) is 0 Å². The molecule has 0 unspecified atom stereocenters. The minimum Gasteiger partial charge on any atom is -0.389 e. The van der Waals surface area contributed by atoms with Crippen LogP contribution in [0.1, 0.15) is 51.9 Å². The molecule has 3 fully saturated rings. The summed E-state index contributed by atoms with van der Waals surface area (Å²) in [5.74, 6) is 0.328. The van der Waals surface area contributed by atoms with E-state index in [1.807, 2.05) is 0 Å². The van der Waals surface area contributed by atoms with Gasteiger partial charge in [-0.2, -0.15) is 0 Å². The van der Waals surface area contributed by atoms with Crippen molar-refractivity contribution in [2.24, 2.45) is 5.41 Å². The van der Waals surface area contributed by atoms with Gasteiger partial charge in [0.15, 0.2) is 0 Å². The zero-order valence-electron chi connectivity index (χ0n) is 8.31. The van der Waals surface area contributed by atoms with Gasteiger partial charge in [-0.3, -0.25) is 4.79 Å². The summed E-state index contributed by atoms with van der Waals surface area (Å²) in [6.07, 6.45) is 6.09. The fourth-order valence-corrected chi connectivity index (χ4v) is 3.00. The Hall–Kier alpha value is -0.370. The molecule has 0 aliphatic heterocycles. The average molecular weight is 182 g/mol. The molecule has 0 amide bonds. The van der Waals surface area contributed by atoms with Crippen molar-refractivity contribution in [3.05, 3.63) is 0 Å². The Kier molecular flexibility index (Phi) is 1.99. The molecule has 0 heterocycles. The Balaban J connectivity index is 2.19. The van der Waals surface area contributed by atoms with E-state index in [1.54, 1.807) is 0 Å². The molecule has 74 valence electrons. The van der Waals surface area contributed by atoms with E-state index in [9.17, 15) is 9.90 Å². The van der Waals surface area contributed by atoms with E-state index >= 15 is 0 Å². The summed E-state index contributed by atoms with van der Waals surface area (Å²) in [5.41, 5.74) is -0.647. The quantitative estimate of drug-likeness (QED) is 0.709. The van der Waals surface area contributed by atoms with Gasteiger partial charge in [-0.15, -0.1) is 0 Å². The van der Waals surface area contributed by atoms with Gasteiger partial charge in [0.05, 0.1) is 5.60 Å². The standard InChI is InChI=1S/C11H18O2/c1-2-3-10-4-6-11(13,7-5-10)8-9(10)12/h13H,2-8H2,1H3. The normalized spacial score (nSPS) is 44.0. The smallest absolute Gasteiger partial charge is 0.141 e. The second-order valence-corrected chi connectivity index (χ2v) is 4.85. The fraction of sp³-hybridized carbons (Fsp3) is 0.909. The summed E-state index contributed by atoms with van der Waals surface area (Å²) >= 11 is 0. The van der Waals surface area contributed by atoms with Crippen molar-refractivity contribution in [1.82, 2.24) is 0 Å². The minimum atomic E-state index is -0.618. The van der Waals surface area contributed by atoms with Crippen LogP contribution in [-0.2, 0) is 4.79 Å². The highest BCUT2D eigenvalue weighted by atomic mass is 16.3. The van der Waals surface area contributed by atoms with Crippen molar-refractivity contribution >= 4 is 5.78 Å². The average Bonchev–Trinajstić information content (AvgIpc) is 2.08. The Morgan fingerprint density at radius 1 is 1.31 bits per heavy atom. The predicted molar refractivity (Wildman–Crippen MR) is 50.4 cm³/mol. The van der Waals surface area contributed by atoms with Crippen LogP contribution in [0.25, 0.3) is 0 Å². The lowest BCUT2D eigenvalue weighted by molar-refractivity contribution is -0.154. The van der Waals surface area contributed by atoms with Crippen molar-refractivity contribution in [2.45, 2.75) is 57.5 Å². The Morgan fingerprint density at radius 3 is 2.38 bits per heavy atom. The van der Waals surface area contributed by atoms with Gasteiger partial charge in [-0.1, -0.05) is 13.3 Å². The van der Waals surface area contributed by atoms with Gasteiger partial charge >= 0.3 is 0 Å². The maximum absolute atomic E-state index is 11.8. The van der Waals surface area contributed by atoms with Crippen LogP contribution in [0.3, 0.4) is 0 Å². The van der Waals surface area contributed by atoms with E-state index in [4.69, 9.17) is 0 Å². The number of hydrogen-bond donors (Lipinski definition) is 1. The SMILES string of the molecule is CCCC12CCC(O)(CC1)CC2=O. The van der Waals surface area contributed by atoms with Crippen LogP contribution in [0.5, 0.6) is 0 Å². The maximum atomic E-state index is 11.8. The molecule has 3 rings (SSSR count). The highest BCUT2D eigenvalue weighted by Crippen LogP contribution is 2.52. The monoisotopic (exact) mass is 182 g/mol. The first-order valence-electron chi connectivity index (χ1n) is 5.36. The topological polar surface area (TPSA) is 37.3 Å². The summed E-state index contributed by atoms with van der Waals surface area (Å²) < 4.78 is 0. The highest BCUT2D eigenvalue weighted by molar-refractivity contribution is 5.87. The first-order valence-corrected chi connectivity index (χ1v) is 5.36. The molecule has 3 aliphatic carbocycles. The molecule has 0 aromatic heterocycles. The van der Waals surface area contributed by atoms with Crippen LogP contribution in [-0.4, -0.2) is 16.5 Å². The molecule has 3 aliphatic rings. The number of carbonyl (C=O) groups is 1. The van der Waals surface area contributed by atoms with E-state index in [-0.39, 0.29) is 5.41 Å². The number of aliphatic hydroxyl groups is 1. The van der Waals surface area contributed by atoms with Crippen molar-refractivity contribution in [3.63, 3.8) is 0 Å². The fourth-order valence-electron chi connectivity index (χ4n) is 3.00. The third kappa shape index (κ3) is 1.32. The van der Waals surface area contributed by atoms with E-state index in [0.717, 1.165) is 38.5 Å². The largest absolute Gasteiger partial charge is 0.389 e. The van der Waals surface area contributed by atoms with E-state index in [0.29, 0.717) is 12.2 Å². The number of Topliss-reactive ketones (excluding diaryl/α,β-unsaturated/α-hetero) is 1. The first-order chi connectivity index (χ1) is 6.10. The second-order valence-electron chi connectivity index (χ2n) is 4.85. The number of carbonyl (C=O) groups excluding carboxylic acids is 1. The molecule has 1 N–H and O–H groups in total. The van der Waals surface area contributed by atoms with E-state index < -0.39 is 5.60 Å². The van der Waals surface area contributed by atoms with Crippen molar-refractivity contribution in [3.8, 4) is 0 Å². The molecule has 0 aromatic carbocycles. The molecule has 2 heteroatoms. The Morgan fingerprint density at radius 2 is 1.92 bits per heavy atom. The van der Waals surface area contributed by atoms with Gasteiger partial charge < -0.3 is 5.11 Å².